The lowest BCUT2D eigenvalue weighted by Gasteiger charge is -2.28. The lowest BCUT2D eigenvalue weighted by Crippen LogP contribution is -2.43. The van der Waals surface area contributed by atoms with Gasteiger partial charge in [-0.05, 0) is 51.0 Å². The van der Waals surface area contributed by atoms with Gasteiger partial charge in [-0.3, -0.25) is 0 Å². The van der Waals surface area contributed by atoms with Crippen molar-refractivity contribution in [2.45, 2.75) is 39.5 Å². The van der Waals surface area contributed by atoms with E-state index in [4.69, 9.17) is 9.47 Å². The summed E-state index contributed by atoms with van der Waals surface area (Å²) in [5, 5.41) is 0. The first-order chi connectivity index (χ1) is 11.8. The molecule has 25 heavy (non-hydrogen) atoms. The third-order valence-corrected chi connectivity index (χ3v) is 3.88. The highest BCUT2D eigenvalue weighted by molar-refractivity contribution is 5.95. The average molecular weight is 337 g/mol. The van der Waals surface area contributed by atoms with Gasteiger partial charge in [-0.25, -0.2) is 9.69 Å². The maximum absolute atomic E-state index is 12.9. The molecule has 4 nitrogen and oxygen atoms in total. The summed E-state index contributed by atoms with van der Waals surface area (Å²) in [5.74, 6) is 0.651. The number of hydrogen-bond donors (Lipinski definition) is 0. The molecular weight excluding hydrogens is 314 g/mol. The Morgan fingerprint density at radius 2 is 1.84 bits per heavy atom. The topological polar surface area (TPSA) is 38.8 Å². The largest absolute Gasteiger partial charge is 0.464 e. The van der Waals surface area contributed by atoms with Crippen LogP contribution < -0.4 is 9.64 Å². The van der Waals surface area contributed by atoms with Crippen LogP contribution in [-0.2, 0) is 4.74 Å². The van der Waals surface area contributed by atoms with E-state index in [0.29, 0.717) is 17.0 Å². The van der Waals surface area contributed by atoms with Crippen molar-refractivity contribution >= 4 is 17.4 Å². The van der Waals surface area contributed by atoms with Gasteiger partial charge in [0, 0.05) is 5.57 Å². The molecule has 1 atom stereocenters. The number of hydrogen-bond acceptors (Lipinski definition) is 3. The van der Waals surface area contributed by atoms with Gasteiger partial charge in [-0.15, -0.1) is 0 Å². The summed E-state index contributed by atoms with van der Waals surface area (Å²) in [6.07, 6.45) is -1.08. The van der Waals surface area contributed by atoms with Gasteiger partial charge in [-0.2, -0.15) is 0 Å². The molecule has 1 heterocycles. The Hall–Kier alpha value is -2.75. The predicted octanol–water partition coefficient (Wildman–Crippen LogP) is 5.17. The summed E-state index contributed by atoms with van der Waals surface area (Å²) in [7, 11) is 0. The maximum atomic E-state index is 12.9. The lowest BCUT2D eigenvalue weighted by molar-refractivity contribution is 0.0547. The van der Waals surface area contributed by atoms with Crippen LogP contribution in [0.5, 0.6) is 5.75 Å². The zero-order valence-electron chi connectivity index (χ0n) is 15.1. The van der Waals surface area contributed by atoms with E-state index in [1.807, 2.05) is 76.2 Å². The van der Waals surface area contributed by atoms with E-state index in [1.54, 1.807) is 4.90 Å². The fourth-order valence-electron chi connectivity index (χ4n) is 2.74. The van der Waals surface area contributed by atoms with Crippen LogP contribution in [0, 0.1) is 6.92 Å². The number of aryl methyl sites for hydroxylation is 1. The Labute approximate surface area is 148 Å². The second-order valence-corrected chi connectivity index (χ2v) is 7.18. The van der Waals surface area contributed by atoms with E-state index >= 15 is 0 Å². The highest BCUT2D eigenvalue weighted by Crippen LogP contribution is 2.42. The summed E-state index contributed by atoms with van der Waals surface area (Å²) >= 11 is 0. The zero-order valence-corrected chi connectivity index (χ0v) is 15.1. The molecule has 1 unspecified atom stereocenters. The van der Waals surface area contributed by atoms with Crippen molar-refractivity contribution in [1.29, 1.82) is 0 Å². The lowest BCUT2D eigenvalue weighted by atomic mass is 10.1. The molecular formula is C21H23NO3. The van der Waals surface area contributed by atoms with Crippen molar-refractivity contribution in [3.05, 3.63) is 66.2 Å². The molecule has 0 saturated carbocycles. The van der Waals surface area contributed by atoms with E-state index in [2.05, 4.69) is 6.58 Å². The summed E-state index contributed by atoms with van der Waals surface area (Å²) in [6.45, 7) is 11.7. The Balaban J connectivity index is 2.00. The Morgan fingerprint density at radius 1 is 1.16 bits per heavy atom. The minimum atomic E-state index is -0.631. The Morgan fingerprint density at radius 3 is 2.48 bits per heavy atom. The minimum Gasteiger partial charge on any atom is -0.464 e. The SMILES string of the molecule is C=C(c1ccccc1)C1Oc2ccc(C)cc2N1C(=O)OC(C)(C)C. The summed E-state index contributed by atoms with van der Waals surface area (Å²) in [5.41, 5.74) is 2.78. The van der Waals surface area contributed by atoms with Gasteiger partial charge in [0.25, 0.3) is 0 Å². The number of anilines is 1. The van der Waals surface area contributed by atoms with E-state index in [0.717, 1.165) is 11.1 Å². The third-order valence-electron chi connectivity index (χ3n) is 3.88. The number of carbonyl (C=O) groups is 1. The first-order valence-electron chi connectivity index (χ1n) is 8.30. The molecule has 0 aliphatic carbocycles. The molecule has 1 aliphatic heterocycles. The first-order valence-corrected chi connectivity index (χ1v) is 8.30. The molecule has 0 saturated heterocycles. The van der Waals surface area contributed by atoms with Crippen molar-refractivity contribution < 1.29 is 14.3 Å². The number of ether oxygens (including phenoxy) is 2. The monoisotopic (exact) mass is 337 g/mol. The second kappa shape index (κ2) is 6.28. The number of carbonyl (C=O) groups excluding carboxylic acids is 1. The predicted molar refractivity (Wildman–Crippen MR) is 99.8 cm³/mol. The van der Waals surface area contributed by atoms with Gasteiger partial charge in [-0.1, -0.05) is 43.0 Å². The second-order valence-electron chi connectivity index (χ2n) is 7.18. The van der Waals surface area contributed by atoms with Crippen molar-refractivity contribution in [1.82, 2.24) is 0 Å². The minimum absolute atomic E-state index is 0.445. The van der Waals surface area contributed by atoms with Gasteiger partial charge in [0.2, 0.25) is 6.23 Å². The van der Waals surface area contributed by atoms with Crippen LogP contribution in [0.1, 0.15) is 31.9 Å². The molecule has 1 amide bonds. The van der Waals surface area contributed by atoms with Crippen molar-refractivity contribution in [3.63, 3.8) is 0 Å². The molecule has 2 aromatic rings. The maximum Gasteiger partial charge on any atom is 0.418 e. The van der Waals surface area contributed by atoms with Crippen LogP contribution in [0.3, 0.4) is 0 Å². The molecule has 130 valence electrons. The summed E-state index contributed by atoms with van der Waals surface area (Å²) < 4.78 is 11.7. The molecule has 0 radical (unpaired) electrons. The number of benzene rings is 2. The average Bonchev–Trinajstić information content (AvgIpc) is 2.92. The van der Waals surface area contributed by atoms with Crippen LogP contribution >= 0.6 is 0 Å². The quantitative estimate of drug-likeness (QED) is 0.759. The highest BCUT2D eigenvalue weighted by Gasteiger charge is 2.40. The van der Waals surface area contributed by atoms with Gasteiger partial charge in [0.05, 0.1) is 5.69 Å². The molecule has 1 aliphatic rings. The number of fused-ring (bicyclic) bond motifs is 1. The zero-order chi connectivity index (χ0) is 18.2. The number of rotatable bonds is 2. The molecule has 0 fully saturated rings. The molecule has 3 rings (SSSR count). The molecule has 2 aromatic carbocycles. The van der Waals surface area contributed by atoms with Crippen LogP contribution in [0.25, 0.3) is 5.57 Å². The summed E-state index contributed by atoms with van der Waals surface area (Å²) in [4.78, 5) is 14.4. The van der Waals surface area contributed by atoms with Crippen LogP contribution in [0.15, 0.2) is 55.1 Å². The first kappa shape index (κ1) is 17.1. The summed E-state index contributed by atoms with van der Waals surface area (Å²) in [6, 6.07) is 15.5. The molecule has 0 bridgehead atoms. The smallest absolute Gasteiger partial charge is 0.418 e. The molecule has 0 N–H and O–H groups in total. The van der Waals surface area contributed by atoms with Gasteiger partial charge >= 0.3 is 6.09 Å². The van der Waals surface area contributed by atoms with E-state index < -0.39 is 17.9 Å². The van der Waals surface area contributed by atoms with Gasteiger partial charge in [0.15, 0.2) is 0 Å². The van der Waals surface area contributed by atoms with Crippen molar-refractivity contribution in [2.75, 3.05) is 4.90 Å². The third kappa shape index (κ3) is 3.53. The molecule has 0 aromatic heterocycles. The van der Waals surface area contributed by atoms with Crippen LogP contribution in [-0.4, -0.2) is 17.9 Å². The highest BCUT2D eigenvalue weighted by atomic mass is 16.6. The van der Waals surface area contributed by atoms with E-state index in [-0.39, 0.29) is 0 Å². The number of nitrogens with zero attached hydrogens (tertiary/aromatic N) is 1. The van der Waals surface area contributed by atoms with E-state index in [1.165, 1.54) is 0 Å². The van der Waals surface area contributed by atoms with Gasteiger partial charge in [0.1, 0.15) is 11.4 Å². The normalized spacial score (nSPS) is 16.2. The Bertz CT molecular complexity index is 806. The number of amides is 1. The molecule has 4 heteroatoms. The van der Waals surface area contributed by atoms with Crippen molar-refractivity contribution in [3.8, 4) is 5.75 Å². The van der Waals surface area contributed by atoms with E-state index in [9.17, 15) is 4.79 Å². The fraction of sp³-hybridized carbons (Fsp3) is 0.286. The Kier molecular flexibility index (Phi) is 4.29. The fourth-order valence-corrected chi connectivity index (χ4v) is 2.74. The van der Waals surface area contributed by atoms with Crippen LogP contribution in [0.2, 0.25) is 0 Å². The molecule has 0 spiro atoms. The van der Waals surface area contributed by atoms with Crippen LogP contribution in [0.4, 0.5) is 10.5 Å². The standard InChI is InChI=1S/C21H23NO3/c1-14-11-12-18-17(13-14)22(20(23)25-21(3,4)5)19(24-18)15(2)16-9-7-6-8-10-16/h6-13,19H,2H2,1,3-5H3. The van der Waals surface area contributed by atoms with Gasteiger partial charge < -0.3 is 9.47 Å². The van der Waals surface area contributed by atoms with Crippen molar-refractivity contribution in [2.24, 2.45) is 0 Å².